The van der Waals surface area contributed by atoms with Crippen LogP contribution in [0.5, 0.6) is 0 Å². The number of hydrogen-bond donors (Lipinski definition) is 3. The van der Waals surface area contributed by atoms with Gasteiger partial charge in [-0.05, 0) is 56.4 Å². The van der Waals surface area contributed by atoms with Gasteiger partial charge in [-0.3, -0.25) is 5.10 Å². The molecule has 1 fully saturated rings. The van der Waals surface area contributed by atoms with Gasteiger partial charge in [0.1, 0.15) is 11.5 Å². The average molecular weight is 407 g/mol. The fourth-order valence-electron chi connectivity index (χ4n) is 4.01. The number of aromatic amines is 2. The first kappa shape index (κ1) is 19.0. The highest BCUT2D eigenvalue weighted by atomic mass is 19.1. The normalized spacial score (nSPS) is 15.9. The van der Waals surface area contributed by atoms with E-state index in [4.69, 9.17) is 0 Å². The average Bonchev–Trinajstić information content (AvgIpc) is 3.35. The number of hydrogen-bond acceptors (Lipinski definition) is 5. The van der Waals surface area contributed by atoms with E-state index >= 15 is 0 Å². The van der Waals surface area contributed by atoms with Crippen molar-refractivity contribution in [2.24, 2.45) is 0 Å². The van der Waals surface area contributed by atoms with Gasteiger partial charge in [-0.25, -0.2) is 9.37 Å². The predicted octanol–water partition coefficient (Wildman–Crippen LogP) is 3.29. The van der Waals surface area contributed by atoms with E-state index in [0.29, 0.717) is 17.0 Å². The Labute approximate surface area is 174 Å². The van der Waals surface area contributed by atoms with Crippen LogP contribution < -0.4 is 5.32 Å². The van der Waals surface area contributed by atoms with Crippen LogP contribution in [0.1, 0.15) is 6.42 Å². The Balaban J connectivity index is 1.25. The Morgan fingerprint density at radius 3 is 2.80 bits per heavy atom. The summed E-state index contributed by atoms with van der Waals surface area (Å²) in [5.41, 5.74) is 4.26. The molecule has 2 aromatic carbocycles. The molecule has 0 radical (unpaired) electrons. The zero-order valence-corrected chi connectivity index (χ0v) is 17.1. The molecular formula is C22H26FN7. The summed E-state index contributed by atoms with van der Waals surface area (Å²) >= 11 is 0. The van der Waals surface area contributed by atoms with E-state index < -0.39 is 0 Å². The van der Waals surface area contributed by atoms with E-state index in [9.17, 15) is 4.39 Å². The molecule has 0 amide bonds. The molecule has 2 aromatic heterocycles. The Hall–Kier alpha value is -2.97. The number of fused-ring (bicyclic) bond motifs is 2. The second-order valence-corrected chi connectivity index (χ2v) is 8.00. The SMILES string of the molecule is CN1CCN(CCCNc2ccc3nc(-c4n[nH]c5cc(F)ccc45)[nH]c3c2)CC1. The van der Waals surface area contributed by atoms with Crippen LogP contribution >= 0.6 is 0 Å². The lowest BCUT2D eigenvalue weighted by molar-refractivity contribution is 0.154. The van der Waals surface area contributed by atoms with Crippen molar-refractivity contribution in [1.82, 2.24) is 30.0 Å². The van der Waals surface area contributed by atoms with E-state index in [1.807, 2.05) is 6.07 Å². The molecule has 4 aromatic rings. The van der Waals surface area contributed by atoms with Crippen LogP contribution in [0.2, 0.25) is 0 Å². The maximum absolute atomic E-state index is 13.4. The van der Waals surface area contributed by atoms with Gasteiger partial charge in [0.25, 0.3) is 0 Å². The van der Waals surface area contributed by atoms with Crippen molar-refractivity contribution in [3.63, 3.8) is 0 Å². The second kappa shape index (κ2) is 8.04. The molecule has 7 nitrogen and oxygen atoms in total. The minimum atomic E-state index is -0.286. The first-order valence-corrected chi connectivity index (χ1v) is 10.4. The molecule has 0 atom stereocenters. The number of nitrogens with zero attached hydrogens (tertiary/aromatic N) is 4. The number of benzene rings is 2. The van der Waals surface area contributed by atoms with Gasteiger partial charge in [0.05, 0.1) is 16.6 Å². The summed E-state index contributed by atoms with van der Waals surface area (Å²) in [5, 5.41) is 11.6. The molecule has 0 unspecified atom stereocenters. The number of imidazole rings is 1. The molecule has 1 saturated heterocycles. The molecule has 1 aliphatic heterocycles. The molecule has 156 valence electrons. The lowest BCUT2D eigenvalue weighted by Gasteiger charge is -2.32. The molecule has 3 N–H and O–H groups in total. The first-order valence-electron chi connectivity index (χ1n) is 10.4. The summed E-state index contributed by atoms with van der Waals surface area (Å²) in [5.74, 6) is 0.390. The molecule has 0 bridgehead atoms. The number of piperazine rings is 1. The van der Waals surface area contributed by atoms with Gasteiger partial charge < -0.3 is 20.1 Å². The fourth-order valence-corrected chi connectivity index (χ4v) is 4.01. The number of nitrogens with one attached hydrogen (secondary N) is 3. The standard InChI is InChI=1S/C22H26FN7/c1-29-9-11-30(12-10-29)8-2-7-24-16-4-6-18-20(14-16)26-22(25-18)21-17-5-3-15(23)13-19(17)27-28-21/h3-6,13-14,24H,2,7-12H2,1H3,(H,25,26)(H,27,28). The molecule has 0 spiro atoms. The highest BCUT2D eigenvalue weighted by molar-refractivity contribution is 5.93. The topological polar surface area (TPSA) is 75.9 Å². The lowest BCUT2D eigenvalue weighted by Crippen LogP contribution is -2.44. The summed E-state index contributed by atoms with van der Waals surface area (Å²) in [7, 11) is 2.18. The molecule has 5 rings (SSSR count). The molecule has 1 aliphatic rings. The summed E-state index contributed by atoms with van der Waals surface area (Å²) in [6.45, 7) is 6.71. The fraction of sp³-hybridized carbons (Fsp3) is 0.364. The van der Waals surface area contributed by atoms with E-state index in [2.05, 4.69) is 54.5 Å². The van der Waals surface area contributed by atoms with Crippen LogP contribution in [0, 0.1) is 5.82 Å². The van der Waals surface area contributed by atoms with Crippen LogP contribution in [0.15, 0.2) is 36.4 Å². The number of anilines is 1. The lowest BCUT2D eigenvalue weighted by atomic mass is 10.2. The Kier molecular flexibility index (Phi) is 5.10. The third-order valence-electron chi connectivity index (χ3n) is 5.81. The molecule has 8 heteroatoms. The zero-order valence-electron chi connectivity index (χ0n) is 17.1. The third kappa shape index (κ3) is 3.88. The zero-order chi connectivity index (χ0) is 20.5. The molecule has 30 heavy (non-hydrogen) atoms. The van der Waals surface area contributed by atoms with Crippen molar-refractivity contribution >= 4 is 27.6 Å². The van der Waals surface area contributed by atoms with Gasteiger partial charge in [-0.1, -0.05) is 0 Å². The van der Waals surface area contributed by atoms with Gasteiger partial charge in [0, 0.05) is 43.8 Å². The van der Waals surface area contributed by atoms with Gasteiger partial charge in [0.15, 0.2) is 5.82 Å². The first-order chi connectivity index (χ1) is 14.7. The largest absolute Gasteiger partial charge is 0.385 e. The van der Waals surface area contributed by atoms with Crippen molar-refractivity contribution in [3.8, 4) is 11.5 Å². The highest BCUT2D eigenvalue weighted by Gasteiger charge is 2.14. The van der Waals surface area contributed by atoms with Crippen LogP contribution in [0.4, 0.5) is 10.1 Å². The number of H-pyrrole nitrogens is 2. The minimum absolute atomic E-state index is 0.286. The maximum Gasteiger partial charge on any atom is 0.159 e. The van der Waals surface area contributed by atoms with Crippen LogP contribution in [-0.2, 0) is 0 Å². The smallest absolute Gasteiger partial charge is 0.159 e. The number of halogens is 1. The van der Waals surface area contributed by atoms with Crippen molar-refractivity contribution < 1.29 is 4.39 Å². The summed E-state index contributed by atoms with van der Waals surface area (Å²) in [6.07, 6.45) is 1.12. The predicted molar refractivity (Wildman–Crippen MR) is 118 cm³/mol. The Morgan fingerprint density at radius 1 is 1.07 bits per heavy atom. The monoisotopic (exact) mass is 407 g/mol. The summed E-state index contributed by atoms with van der Waals surface area (Å²) in [6, 6.07) is 10.8. The van der Waals surface area contributed by atoms with Gasteiger partial charge >= 0.3 is 0 Å². The summed E-state index contributed by atoms with van der Waals surface area (Å²) in [4.78, 5) is 12.9. The Bertz CT molecular complexity index is 1160. The van der Waals surface area contributed by atoms with Gasteiger partial charge in [-0.15, -0.1) is 0 Å². The molecule has 3 heterocycles. The molecule has 0 aliphatic carbocycles. The van der Waals surface area contributed by atoms with E-state index in [0.717, 1.165) is 67.8 Å². The minimum Gasteiger partial charge on any atom is -0.385 e. The van der Waals surface area contributed by atoms with Crippen LogP contribution in [0.25, 0.3) is 33.5 Å². The maximum atomic E-state index is 13.4. The van der Waals surface area contributed by atoms with Gasteiger partial charge in [-0.2, -0.15) is 5.10 Å². The van der Waals surface area contributed by atoms with E-state index in [1.165, 1.54) is 12.1 Å². The number of rotatable bonds is 6. The quantitative estimate of drug-likeness (QED) is 0.428. The molecular weight excluding hydrogens is 381 g/mol. The Morgan fingerprint density at radius 2 is 1.93 bits per heavy atom. The van der Waals surface area contributed by atoms with Crippen molar-refractivity contribution in [2.75, 3.05) is 51.6 Å². The van der Waals surface area contributed by atoms with E-state index in [-0.39, 0.29) is 5.82 Å². The summed E-state index contributed by atoms with van der Waals surface area (Å²) < 4.78 is 13.4. The van der Waals surface area contributed by atoms with Gasteiger partial charge in [0.2, 0.25) is 0 Å². The third-order valence-corrected chi connectivity index (χ3v) is 5.81. The highest BCUT2D eigenvalue weighted by Crippen LogP contribution is 2.27. The van der Waals surface area contributed by atoms with E-state index in [1.54, 1.807) is 6.07 Å². The van der Waals surface area contributed by atoms with Crippen LogP contribution in [0.3, 0.4) is 0 Å². The number of likely N-dealkylation sites (N-methyl/N-ethyl adjacent to an activating group) is 1. The van der Waals surface area contributed by atoms with Crippen molar-refractivity contribution in [3.05, 3.63) is 42.2 Å². The van der Waals surface area contributed by atoms with Crippen molar-refractivity contribution in [2.45, 2.75) is 6.42 Å². The number of aromatic nitrogens is 4. The van der Waals surface area contributed by atoms with Crippen molar-refractivity contribution in [1.29, 1.82) is 0 Å². The molecule has 0 saturated carbocycles. The second-order valence-electron chi connectivity index (χ2n) is 8.00. The van der Waals surface area contributed by atoms with Crippen LogP contribution in [-0.4, -0.2) is 76.3 Å².